The van der Waals surface area contributed by atoms with Crippen molar-refractivity contribution in [3.8, 4) is 0 Å². The van der Waals surface area contributed by atoms with Gasteiger partial charge in [0, 0.05) is 19.1 Å². The maximum Gasteiger partial charge on any atom is 0.326 e. The number of carboxylic acids is 1. The van der Waals surface area contributed by atoms with Crippen molar-refractivity contribution in [1.29, 1.82) is 0 Å². The highest BCUT2D eigenvalue weighted by Crippen LogP contribution is 2.28. The Morgan fingerprint density at radius 3 is 2.45 bits per heavy atom. The van der Waals surface area contributed by atoms with Crippen LogP contribution >= 0.6 is 0 Å². The summed E-state index contributed by atoms with van der Waals surface area (Å²) in [5.74, 6) is -0.492. The van der Waals surface area contributed by atoms with Gasteiger partial charge in [-0.05, 0) is 38.5 Å². The average Bonchev–Trinajstić information content (AvgIpc) is 2.93. The number of likely N-dealkylation sites (tertiary alicyclic amines) is 1. The molecule has 1 saturated carbocycles. The maximum atomic E-state index is 12.7. The van der Waals surface area contributed by atoms with E-state index < -0.39 is 12.0 Å². The SMILES string of the molecule is CCN(C(=O)N1CCC(C)CC1C(=O)O)C1CCCC1. The van der Waals surface area contributed by atoms with Crippen molar-refractivity contribution < 1.29 is 14.7 Å². The minimum Gasteiger partial charge on any atom is -0.480 e. The Balaban J connectivity index is 2.10. The summed E-state index contributed by atoms with van der Waals surface area (Å²) < 4.78 is 0. The minimum absolute atomic E-state index is 0.0706. The van der Waals surface area contributed by atoms with Crippen LogP contribution < -0.4 is 0 Å². The summed E-state index contributed by atoms with van der Waals surface area (Å²) in [6.45, 7) is 5.28. The van der Waals surface area contributed by atoms with E-state index in [9.17, 15) is 14.7 Å². The Morgan fingerprint density at radius 1 is 1.25 bits per heavy atom. The van der Waals surface area contributed by atoms with E-state index in [-0.39, 0.29) is 6.03 Å². The van der Waals surface area contributed by atoms with Crippen molar-refractivity contribution in [3.63, 3.8) is 0 Å². The average molecular weight is 282 g/mol. The third-order valence-electron chi connectivity index (χ3n) is 4.75. The molecule has 0 bridgehead atoms. The van der Waals surface area contributed by atoms with E-state index in [1.54, 1.807) is 4.90 Å². The predicted octanol–water partition coefficient (Wildman–Crippen LogP) is 2.56. The molecule has 1 aliphatic carbocycles. The second-order valence-corrected chi connectivity index (χ2v) is 6.18. The lowest BCUT2D eigenvalue weighted by molar-refractivity contribution is -0.144. The van der Waals surface area contributed by atoms with Crippen LogP contribution in [0.2, 0.25) is 0 Å². The summed E-state index contributed by atoms with van der Waals surface area (Å²) in [4.78, 5) is 27.6. The third-order valence-corrected chi connectivity index (χ3v) is 4.75. The molecule has 2 rings (SSSR count). The van der Waals surface area contributed by atoms with Crippen molar-refractivity contribution in [2.75, 3.05) is 13.1 Å². The van der Waals surface area contributed by atoms with Gasteiger partial charge in [-0.25, -0.2) is 9.59 Å². The summed E-state index contributed by atoms with van der Waals surface area (Å²) in [6.07, 6.45) is 5.94. The number of hydrogen-bond donors (Lipinski definition) is 1. The first-order valence-corrected chi connectivity index (χ1v) is 7.84. The number of nitrogens with zero attached hydrogens (tertiary/aromatic N) is 2. The molecule has 5 nitrogen and oxygen atoms in total. The standard InChI is InChI=1S/C15H26N2O3/c1-3-16(12-6-4-5-7-12)15(20)17-9-8-11(2)10-13(17)14(18)19/h11-13H,3-10H2,1-2H3,(H,18,19). The maximum absolute atomic E-state index is 12.7. The van der Waals surface area contributed by atoms with Crippen LogP contribution in [0.15, 0.2) is 0 Å². The van der Waals surface area contributed by atoms with Crippen LogP contribution in [0.3, 0.4) is 0 Å². The monoisotopic (exact) mass is 282 g/mol. The Bertz CT molecular complexity index is 366. The Labute approximate surface area is 120 Å². The number of aliphatic carboxylic acids is 1. The van der Waals surface area contributed by atoms with Gasteiger partial charge in [0.05, 0.1) is 0 Å². The highest BCUT2D eigenvalue weighted by atomic mass is 16.4. The fraction of sp³-hybridized carbons (Fsp3) is 0.867. The summed E-state index contributed by atoms with van der Waals surface area (Å²) in [7, 11) is 0. The van der Waals surface area contributed by atoms with E-state index in [0.29, 0.717) is 31.5 Å². The lowest BCUT2D eigenvalue weighted by atomic mass is 9.92. The van der Waals surface area contributed by atoms with Gasteiger partial charge in [-0.3, -0.25) is 0 Å². The van der Waals surface area contributed by atoms with Crippen molar-refractivity contribution in [2.45, 2.75) is 64.5 Å². The van der Waals surface area contributed by atoms with E-state index in [1.165, 1.54) is 12.8 Å². The van der Waals surface area contributed by atoms with Crippen LogP contribution in [0.5, 0.6) is 0 Å². The zero-order valence-electron chi connectivity index (χ0n) is 12.5. The van der Waals surface area contributed by atoms with Gasteiger partial charge in [0.15, 0.2) is 0 Å². The predicted molar refractivity (Wildman–Crippen MR) is 76.6 cm³/mol. The van der Waals surface area contributed by atoms with Crippen molar-refractivity contribution in [2.24, 2.45) is 5.92 Å². The molecule has 0 aromatic rings. The number of carbonyl (C=O) groups is 2. The topological polar surface area (TPSA) is 60.9 Å². The largest absolute Gasteiger partial charge is 0.480 e. The molecule has 0 radical (unpaired) electrons. The molecule has 2 aliphatic rings. The zero-order chi connectivity index (χ0) is 14.7. The fourth-order valence-electron chi connectivity index (χ4n) is 3.54. The van der Waals surface area contributed by atoms with E-state index in [4.69, 9.17) is 0 Å². The second-order valence-electron chi connectivity index (χ2n) is 6.18. The van der Waals surface area contributed by atoms with E-state index >= 15 is 0 Å². The molecule has 1 heterocycles. The summed E-state index contributed by atoms with van der Waals surface area (Å²) in [6, 6.07) is -0.415. The first kappa shape index (κ1) is 15.1. The number of hydrogen-bond acceptors (Lipinski definition) is 2. The highest BCUT2D eigenvalue weighted by Gasteiger charge is 2.38. The molecule has 0 aromatic heterocycles. The summed E-state index contributed by atoms with van der Waals surface area (Å²) >= 11 is 0. The van der Waals surface area contributed by atoms with Gasteiger partial charge in [0.2, 0.25) is 0 Å². The number of carboxylic acid groups (broad SMARTS) is 1. The lowest BCUT2D eigenvalue weighted by Crippen LogP contribution is -2.56. The molecule has 114 valence electrons. The van der Waals surface area contributed by atoms with Gasteiger partial charge >= 0.3 is 12.0 Å². The smallest absolute Gasteiger partial charge is 0.326 e. The van der Waals surface area contributed by atoms with Gasteiger partial charge in [-0.2, -0.15) is 0 Å². The van der Waals surface area contributed by atoms with E-state index in [1.807, 2.05) is 11.8 Å². The van der Waals surface area contributed by atoms with Gasteiger partial charge in [0.25, 0.3) is 0 Å². The number of amides is 2. The van der Waals surface area contributed by atoms with Crippen LogP contribution in [0.4, 0.5) is 4.79 Å². The second kappa shape index (κ2) is 6.46. The number of carbonyl (C=O) groups excluding carboxylic acids is 1. The van der Waals surface area contributed by atoms with Crippen LogP contribution in [-0.4, -0.2) is 52.1 Å². The van der Waals surface area contributed by atoms with Gasteiger partial charge in [0.1, 0.15) is 6.04 Å². The van der Waals surface area contributed by atoms with Crippen LogP contribution in [-0.2, 0) is 4.79 Å². The molecular formula is C15H26N2O3. The number of rotatable bonds is 3. The molecule has 1 saturated heterocycles. The normalized spacial score (nSPS) is 27.6. The van der Waals surface area contributed by atoms with Gasteiger partial charge in [-0.1, -0.05) is 19.8 Å². The van der Waals surface area contributed by atoms with Crippen molar-refractivity contribution in [1.82, 2.24) is 9.80 Å². The Morgan fingerprint density at radius 2 is 1.90 bits per heavy atom. The molecule has 2 atom stereocenters. The number of urea groups is 1. The molecule has 20 heavy (non-hydrogen) atoms. The van der Waals surface area contributed by atoms with E-state index in [2.05, 4.69) is 6.92 Å². The van der Waals surface area contributed by atoms with Gasteiger partial charge < -0.3 is 14.9 Å². The molecule has 2 unspecified atom stereocenters. The van der Waals surface area contributed by atoms with Gasteiger partial charge in [-0.15, -0.1) is 0 Å². The molecule has 1 N–H and O–H groups in total. The van der Waals surface area contributed by atoms with Crippen molar-refractivity contribution in [3.05, 3.63) is 0 Å². The summed E-state index contributed by atoms with van der Waals surface area (Å²) in [5.41, 5.74) is 0. The quantitative estimate of drug-likeness (QED) is 0.865. The lowest BCUT2D eigenvalue weighted by Gasteiger charge is -2.40. The molecule has 2 amide bonds. The molecule has 0 spiro atoms. The molecule has 5 heteroatoms. The minimum atomic E-state index is -0.868. The van der Waals surface area contributed by atoms with E-state index in [0.717, 1.165) is 19.3 Å². The highest BCUT2D eigenvalue weighted by molar-refractivity contribution is 5.83. The first-order chi connectivity index (χ1) is 9.54. The van der Waals surface area contributed by atoms with Crippen LogP contribution in [0.25, 0.3) is 0 Å². The zero-order valence-corrected chi connectivity index (χ0v) is 12.5. The fourth-order valence-corrected chi connectivity index (χ4v) is 3.54. The van der Waals surface area contributed by atoms with Crippen molar-refractivity contribution >= 4 is 12.0 Å². The molecular weight excluding hydrogens is 256 g/mol. The molecule has 0 aromatic carbocycles. The summed E-state index contributed by atoms with van der Waals surface area (Å²) in [5, 5.41) is 9.38. The van der Waals surface area contributed by atoms with Crippen LogP contribution in [0.1, 0.15) is 52.4 Å². The molecule has 1 aliphatic heterocycles. The number of piperidine rings is 1. The molecule has 2 fully saturated rings. The van der Waals surface area contributed by atoms with Crippen LogP contribution in [0, 0.1) is 5.92 Å². The Kier molecular flexibility index (Phi) is 4.89. The first-order valence-electron chi connectivity index (χ1n) is 7.84. The third kappa shape index (κ3) is 3.07. The Hall–Kier alpha value is -1.26.